The Morgan fingerprint density at radius 1 is 1.15 bits per heavy atom. The van der Waals surface area contributed by atoms with Gasteiger partial charge in [-0.2, -0.15) is 0 Å². The van der Waals surface area contributed by atoms with Crippen molar-refractivity contribution in [1.29, 1.82) is 0 Å². The lowest BCUT2D eigenvalue weighted by Crippen LogP contribution is -2.33. The predicted molar refractivity (Wildman–Crippen MR) is 77.8 cm³/mol. The number of hydrogen-bond acceptors (Lipinski definition) is 4. The van der Waals surface area contributed by atoms with Crippen molar-refractivity contribution in [1.82, 2.24) is 10.3 Å². The number of hydrogen-bond donors (Lipinski definition) is 1. The lowest BCUT2D eigenvalue weighted by atomic mass is 10.1. The van der Waals surface area contributed by atoms with Gasteiger partial charge >= 0.3 is 0 Å². The second-order valence-corrected chi connectivity index (χ2v) is 4.76. The van der Waals surface area contributed by atoms with Gasteiger partial charge in [0, 0.05) is 24.8 Å². The molecule has 1 N–H and O–H groups in total. The van der Waals surface area contributed by atoms with Gasteiger partial charge in [-0.1, -0.05) is 18.2 Å². The minimum absolute atomic E-state index is 0.0636. The Balaban J connectivity index is 1.77. The molecule has 1 aliphatic rings. The average Bonchev–Trinajstić information content (AvgIpc) is 2.56. The zero-order chi connectivity index (χ0) is 13.8. The second-order valence-electron chi connectivity index (χ2n) is 4.76. The van der Waals surface area contributed by atoms with Crippen molar-refractivity contribution in [3.8, 4) is 16.9 Å². The van der Waals surface area contributed by atoms with Gasteiger partial charge in [-0.3, -0.25) is 4.98 Å². The Bertz CT molecular complexity index is 546. The van der Waals surface area contributed by atoms with Gasteiger partial charge in [-0.05, 0) is 23.8 Å². The second kappa shape index (κ2) is 6.03. The van der Waals surface area contributed by atoms with Crippen LogP contribution in [0.2, 0.25) is 0 Å². The maximum atomic E-state index is 5.70. The molecular formula is C16H18N2O2. The number of ether oxygens (including phenoxy) is 2. The number of benzene rings is 1. The van der Waals surface area contributed by atoms with Crippen molar-refractivity contribution in [2.45, 2.75) is 6.10 Å². The number of morpholine rings is 1. The van der Waals surface area contributed by atoms with E-state index in [1.54, 1.807) is 7.11 Å². The highest BCUT2D eigenvalue weighted by atomic mass is 16.5. The number of aromatic nitrogens is 1. The van der Waals surface area contributed by atoms with Crippen LogP contribution in [0.25, 0.3) is 11.1 Å². The summed E-state index contributed by atoms with van der Waals surface area (Å²) in [6, 6.07) is 12.1. The lowest BCUT2D eigenvalue weighted by molar-refractivity contribution is 0.0250. The van der Waals surface area contributed by atoms with Crippen LogP contribution >= 0.6 is 0 Å². The molecule has 3 rings (SSSR count). The van der Waals surface area contributed by atoms with E-state index >= 15 is 0 Å². The molecule has 1 aromatic heterocycles. The molecule has 1 saturated heterocycles. The van der Waals surface area contributed by atoms with Gasteiger partial charge in [-0.15, -0.1) is 0 Å². The van der Waals surface area contributed by atoms with E-state index in [9.17, 15) is 0 Å². The third kappa shape index (κ3) is 2.81. The van der Waals surface area contributed by atoms with E-state index in [0.29, 0.717) is 0 Å². The van der Waals surface area contributed by atoms with Crippen LogP contribution < -0.4 is 10.1 Å². The van der Waals surface area contributed by atoms with Gasteiger partial charge < -0.3 is 14.8 Å². The summed E-state index contributed by atoms with van der Waals surface area (Å²) in [6.07, 6.45) is 1.96. The van der Waals surface area contributed by atoms with Crippen molar-refractivity contribution in [3.05, 3.63) is 48.3 Å². The largest absolute Gasteiger partial charge is 0.497 e. The van der Waals surface area contributed by atoms with Crippen LogP contribution in [0.3, 0.4) is 0 Å². The number of nitrogens with zero attached hydrogens (tertiary/aromatic N) is 1. The quantitative estimate of drug-likeness (QED) is 0.930. The normalized spacial score (nSPS) is 18.8. The van der Waals surface area contributed by atoms with Crippen LogP contribution in [0.5, 0.6) is 5.75 Å². The summed E-state index contributed by atoms with van der Waals surface area (Å²) in [5, 5.41) is 3.31. The molecule has 20 heavy (non-hydrogen) atoms. The number of pyridine rings is 1. The fraction of sp³-hybridized carbons (Fsp3) is 0.312. The van der Waals surface area contributed by atoms with E-state index in [4.69, 9.17) is 9.47 Å². The van der Waals surface area contributed by atoms with Gasteiger partial charge in [-0.25, -0.2) is 0 Å². The summed E-state index contributed by atoms with van der Waals surface area (Å²) in [5.41, 5.74) is 3.21. The molecule has 0 bridgehead atoms. The maximum Gasteiger partial charge on any atom is 0.118 e. The van der Waals surface area contributed by atoms with E-state index < -0.39 is 0 Å². The Labute approximate surface area is 118 Å². The van der Waals surface area contributed by atoms with E-state index in [1.165, 1.54) is 0 Å². The monoisotopic (exact) mass is 270 g/mol. The summed E-state index contributed by atoms with van der Waals surface area (Å²) >= 11 is 0. The van der Waals surface area contributed by atoms with Gasteiger partial charge in [0.1, 0.15) is 11.9 Å². The van der Waals surface area contributed by atoms with Crippen molar-refractivity contribution in [3.63, 3.8) is 0 Å². The van der Waals surface area contributed by atoms with E-state index in [1.807, 2.05) is 36.5 Å². The molecule has 0 saturated carbocycles. The minimum Gasteiger partial charge on any atom is -0.497 e. The summed E-state index contributed by atoms with van der Waals surface area (Å²) < 4.78 is 10.9. The topological polar surface area (TPSA) is 43.4 Å². The Morgan fingerprint density at radius 2 is 1.95 bits per heavy atom. The van der Waals surface area contributed by atoms with E-state index in [2.05, 4.69) is 16.4 Å². The van der Waals surface area contributed by atoms with Crippen molar-refractivity contribution in [2.24, 2.45) is 0 Å². The van der Waals surface area contributed by atoms with Crippen molar-refractivity contribution in [2.75, 3.05) is 26.8 Å². The van der Waals surface area contributed by atoms with Gasteiger partial charge in [0.05, 0.1) is 19.4 Å². The smallest absolute Gasteiger partial charge is 0.118 e. The first-order valence-corrected chi connectivity index (χ1v) is 6.79. The summed E-state index contributed by atoms with van der Waals surface area (Å²) in [7, 11) is 1.67. The van der Waals surface area contributed by atoms with Gasteiger partial charge in [0.25, 0.3) is 0 Å². The predicted octanol–water partition coefficient (Wildman–Crippen LogP) is 2.42. The molecular weight excluding hydrogens is 252 g/mol. The first-order chi connectivity index (χ1) is 9.86. The highest BCUT2D eigenvalue weighted by Crippen LogP contribution is 2.23. The first kappa shape index (κ1) is 13.1. The molecule has 2 aromatic rings. The van der Waals surface area contributed by atoms with Crippen LogP contribution in [0, 0.1) is 0 Å². The molecule has 4 nitrogen and oxygen atoms in total. The highest BCUT2D eigenvalue weighted by molar-refractivity contribution is 5.63. The molecule has 4 heteroatoms. The number of methoxy groups -OCH3 is 1. The standard InChI is InChI=1S/C16H18N2O2/c1-19-14-5-2-12(3-6-14)13-4-7-15(18-10-13)16-11-17-8-9-20-16/h2-7,10,16-17H,8-9,11H2,1H3/t16-/m1/s1. The lowest BCUT2D eigenvalue weighted by Gasteiger charge is -2.23. The summed E-state index contributed by atoms with van der Waals surface area (Å²) in [6.45, 7) is 2.49. The average molecular weight is 270 g/mol. The third-order valence-electron chi connectivity index (χ3n) is 3.47. The Morgan fingerprint density at radius 3 is 2.55 bits per heavy atom. The van der Waals surface area contributed by atoms with Crippen LogP contribution in [0.4, 0.5) is 0 Å². The first-order valence-electron chi connectivity index (χ1n) is 6.79. The van der Waals surface area contributed by atoms with Crippen LogP contribution in [-0.2, 0) is 4.74 Å². The fourth-order valence-electron chi connectivity index (χ4n) is 2.31. The minimum atomic E-state index is 0.0636. The third-order valence-corrected chi connectivity index (χ3v) is 3.47. The van der Waals surface area contributed by atoms with Crippen LogP contribution in [0.1, 0.15) is 11.8 Å². The molecule has 1 aliphatic heterocycles. The number of nitrogens with one attached hydrogen (secondary N) is 1. The summed E-state index contributed by atoms with van der Waals surface area (Å²) in [4.78, 5) is 4.53. The molecule has 0 radical (unpaired) electrons. The molecule has 0 amide bonds. The highest BCUT2D eigenvalue weighted by Gasteiger charge is 2.16. The molecule has 104 valence electrons. The molecule has 1 aromatic carbocycles. The molecule has 0 unspecified atom stereocenters. The zero-order valence-electron chi connectivity index (χ0n) is 11.5. The van der Waals surface area contributed by atoms with Crippen molar-refractivity contribution < 1.29 is 9.47 Å². The summed E-state index contributed by atoms with van der Waals surface area (Å²) in [5.74, 6) is 0.861. The van der Waals surface area contributed by atoms with E-state index in [-0.39, 0.29) is 6.10 Å². The molecule has 1 atom stereocenters. The molecule has 1 fully saturated rings. The van der Waals surface area contributed by atoms with Gasteiger partial charge in [0.2, 0.25) is 0 Å². The van der Waals surface area contributed by atoms with Crippen LogP contribution in [-0.4, -0.2) is 31.8 Å². The van der Waals surface area contributed by atoms with Gasteiger partial charge in [0.15, 0.2) is 0 Å². The van der Waals surface area contributed by atoms with Crippen LogP contribution in [0.15, 0.2) is 42.6 Å². The molecule has 0 spiro atoms. The zero-order valence-corrected chi connectivity index (χ0v) is 11.5. The molecule has 2 heterocycles. The maximum absolute atomic E-state index is 5.70. The SMILES string of the molecule is COc1ccc(-c2ccc([C@H]3CNCCO3)nc2)cc1. The molecule has 0 aliphatic carbocycles. The fourth-order valence-corrected chi connectivity index (χ4v) is 2.31. The van der Waals surface area contributed by atoms with E-state index in [0.717, 1.165) is 42.3 Å². The van der Waals surface area contributed by atoms with Crippen molar-refractivity contribution >= 4 is 0 Å². The number of rotatable bonds is 3. The Kier molecular flexibility index (Phi) is 3.95. The Hall–Kier alpha value is -1.91.